The Labute approximate surface area is 73.4 Å². The van der Waals surface area contributed by atoms with Crippen LogP contribution in [0.1, 0.15) is 0 Å². The lowest BCUT2D eigenvalue weighted by molar-refractivity contribution is 0.205. The predicted molar refractivity (Wildman–Crippen MR) is 38.7 cm³/mol. The van der Waals surface area contributed by atoms with Gasteiger partial charge in [0.25, 0.3) is 0 Å². The van der Waals surface area contributed by atoms with Crippen LogP contribution in [0.5, 0.6) is 0 Å². The Morgan fingerprint density at radius 2 is 1.69 bits per heavy atom. The molecule has 3 atom stereocenters. The van der Waals surface area contributed by atoms with Crippen molar-refractivity contribution in [2.45, 2.75) is 0 Å². The van der Waals surface area contributed by atoms with Gasteiger partial charge in [-0.2, -0.15) is 4.31 Å². The second kappa shape index (κ2) is 4.70. The summed E-state index contributed by atoms with van der Waals surface area (Å²) in [6, 6.07) is 0. The van der Waals surface area contributed by atoms with Crippen LogP contribution in [0.25, 0.3) is 0 Å². The fourth-order valence-electron chi connectivity index (χ4n) is 0.267. The van der Waals surface area contributed by atoms with E-state index in [9.17, 15) is 13.7 Å². The SMILES string of the molecule is COP(=O)(O)OP(=O)(O)O[P+](=O)O. The molecule has 0 bridgehead atoms. The van der Waals surface area contributed by atoms with E-state index in [-0.39, 0.29) is 0 Å². The molecule has 0 heterocycles. The van der Waals surface area contributed by atoms with Gasteiger partial charge in [-0.1, -0.05) is 0 Å². The van der Waals surface area contributed by atoms with Crippen LogP contribution < -0.4 is 0 Å². The van der Waals surface area contributed by atoms with Crippen LogP contribution in [-0.2, 0) is 26.8 Å². The summed E-state index contributed by atoms with van der Waals surface area (Å²) in [5, 5.41) is 0. The largest absolute Gasteiger partial charge is 0.705 e. The molecule has 0 aliphatic rings. The highest BCUT2D eigenvalue weighted by Gasteiger charge is 2.42. The number of phosphoric acid groups is 2. The highest BCUT2D eigenvalue weighted by atomic mass is 31.3. The van der Waals surface area contributed by atoms with Crippen molar-refractivity contribution in [3.05, 3.63) is 0 Å². The van der Waals surface area contributed by atoms with Crippen LogP contribution in [0.15, 0.2) is 0 Å². The average molecular weight is 255 g/mol. The van der Waals surface area contributed by atoms with Gasteiger partial charge in [-0.25, -0.2) is 9.13 Å². The minimum Gasteiger partial charge on any atom is -0.302 e. The molecule has 0 saturated carbocycles. The first-order valence-electron chi connectivity index (χ1n) is 2.47. The molecule has 0 saturated heterocycles. The highest BCUT2D eigenvalue weighted by Crippen LogP contribution is 2.62. The van der Waals surface area contributed by atoms with Crippen molar-refractivity contribution < 1.29 is 41.5 Å². The zero-order valence-electron chi connectivity index (χ0n) is 6.13. The zero-order chi connectivity index (χ0) is 10.7. The molecule has 0 aliphatic carbocycles. The summed E-state index contributed by atoms with van der Waals surface area (Å²) in [5.41, 5.74) is 0. The van der Waals surface area contributed by atoms with E-state index in [1.807, 2.05) is 0 Å². The van der Waals surface area contributed by atoms with E-state index < -0.39 is 23.9 Å². The Hall–Kier alpha value is 0.320. The van der Waals surface area contributed by atoms with E-state index >= 15 is 0 Å². The van der Waals surface area contributed by atoms with Crippen LogP contribution in [0.4, 0.5) is 0 Å². The second-order valence-electron chi connectivity index (χ2n) is 1.52. The Balaban J connectivity index is 4.43. The monoisotopic (exact) mass is 255 g/mol. The van der Waals surface area contributed by atoms with Crippen molar-refractivity contribution in [2.75, 3.05) is 7.11 Å². The molecule has 78 valence electrons. The van der Waals surface area contributed by atoms with Crippen molar-refractivity contribution in [1.82, 2.24) is 0 Å². The molecule has 3 unspecified atom stereocenters. The maximum absolute atomic E-state index is 10.6. The first kappa shape index (κ1) is 13.3. The minimum absolute atomic E-state index is 0.736. The molecule has 0 radical (unpaired) electrons. The average Bonchev–Trinajstić information content (AvgIpc) is 1.81. The number of phosphoric ester groups is 1. The summed E-state index contributed by atoms with van der Waals surface area (Å²) in [7, 11) is -12.5. The van der Waals surface area contributed by atoms with Gasteiger partial charge in [0, 0.05) is 11.7 Å². The van der Waals surface area contributed by atoms with Gasteiger partial charge in [0.2, 0.25) is 0 Å². The molecule has 0 spiro atoms. The number of hydrogen-bond donors (Lipinski definition) is 3. The number of rotatable bonds is 5. The van der Waals surface area contributed by atoms with Crippen LogP contribution in [0, 0.1) is 0 Å². The fraction of sp³-hybridized carbons (Fsp3) is 1.00. The molecule has 9 nitrogen and oxygen atoms in total. The third-order valence-corrected chi connectivity index (χ3v) is 4.11. The Morgan fingerprint density at radius 3 is 2.00 bits per heavy atom. The standard InChI is InChI=1S/CH5O9P3/c1-8-12(4,5)10-13(6,7)9-11(2)3/h1H3,(H2-,2,3,4,5,6,7)/p+1. The summed E-state index contributed by atoms with van der Waals surface area (Å²) >= 11 is 0. The molecular weight excluding hydrogens is 249 g/mol. The molecule has 3 N–H and O–H groups in total. The summed E-state index contributed by atoms with van der Waals surface area (Å²) in [4.78, 5) is 25.0. The van der Waals surface area contributed by atoms with Crippen molar-refractivity contribution in [2.24, 2.45) is 0 Å². The topological polar surface area (TPSA) is 140 Å². The molecule has 0 rings (SSSR count). The van der Waals surface area contributed by atoms with Crippen LogP contribution in [0.3, 0.4) is 0 Å². The van der Waals surface area contributed by atoms with Gasteiger partial charge in [-0.05, 0) is 4.31 Å². The Bertz CT molecular complexity index is 281. The van der Waals surface area contributed by atoms with Gasteiger partial charge < -0.3 is 4.89 Å². The third-order valence-electron chi connectivity index (χ3n) is 0.610. The maximum atomic E-state index is 10.6. The van der Waals surface area contributed by atoms with Gasteiger partial charge in [0.05, 0.1) is 0 Å². The molecule has 0 aromatic rings. The lowest BCUT2D eigenvalue weighted by atomic mass is 11.8. The second-order valence-corrected chi connectivity index (χ2v) is 5.54. The lowest BCUT2D eigenvalue weighted by Gasteiger charge is -2.08. The first-order chi connectivity index (χ1) is 5.68. The van der Waals surface area contributed by atoms with Crippen molar-refractivity contribution in [3.8, 4) is 0 Å². The summed E-state index contributed by atoms with van der Waals surface area (Å²) in [6.45, 7) is 0. The fourth-order valence-corrected chi connectivity index (χ4v) is 2.67. The normalized spacial score (nSPS) is 21.7. The molecule has 12 heteroatoms. The van der Waals surface area contributed by atoms with E-state index in [0.29, 0.717) is 0 Å². The first-order valence-corrected chi connectivity index (χ1v) is 6.59. The minimum atomic E-state index is -5.06. The smallest absolute Gasteiger partial charge is 0.302 e. The summed E-state index contributed by atoms with van der Waals surface area (Å²) in [6.07, 6.45) is 0. The van der Waals surface area contributed by atoms with Crippen molar-refractivity contribution in [1.29, 1.82) is 0 Å². The molecule has 0 amide bonds. The summed E-state index contributed by atoms with van der Waals surface area (Å²) < 4.78 is 41.6. The lowest BCUT2D eigenvalue weighted by Crippen LogP contribution is -1.91. The zero-order valence-corrected chi connectivity index (χ0v) is 8.82. The maximum Gasteiger partial charge on any atom is 0.705 e. The Morgan fingerprint density at radius 1 is 1.23 bits per heavy atom. The summed E-state index contributed by atoms with van der Waals surface area (Å²) in [5.74, 6) is 0. The third kappa shape index (κ3) is 6.40. The Kier molecular flexibility index (Phi) is 4.82. The molecule has 0 aliphatic heterocycles. The van der Waals surface area contributed by atoms with E-state index in [1.54, 1.807) is 0 Å². The van der Waals surface area contributed by atoms with E-state index in [0.717, 1.165) is 7.11 Å². The molecule has 0 aromatic heterocycles. The molecule has 0 aromatic carbocycles. The van der Waals surface area contributed by atoms with Gasteiger partial charge in [-0.3, -0.25) is 9.42 Å². The van der Waals surface area contributed by atoms with Crippen LogP contribution in [-0.4, -0.2) is 21.8 Å². The van der Waals surface area contributed by atoms with Crippen LogP contribution >= 0.6 is 23.9 Å². The number of hydrogen-bond acceptors (Lipinski definition) is 6. The van der Waals surface area contributed by atoms with Crippen molar-refractivity contribution in [3.63, 3.8) is 0 Å². The van der Waals surface area contributed by atoms with Gasteiger partial charge >= 0.3 is 23.9 Å². The highest BCUT2D eigenvalue weighted by molar-refractivity contribution is 7.64. The molecule has 13 heavy (non-hydrogen) atoms. The molecular formula is CH6O9P3+. The van der Waals surface area contributed by atoms with Gasteiger partial charge in [0.1, 0.15) is 0 Å². The van der Waals surface area contributed by atoms with Gasteiger partial charge in [-0.15, -0.1) is 4.89 Å². The predicted octanol–water partition coefficient (Wildman–Crippen LogP) is 0.516. The van der Waals surface area contributed by atoms with Crippen molar-refractivity contribution >= 4 is 23.9 Å². The van der Waals surface area contributed by atoms with E-state index in [2.05, 4.69) is 13.1 Å². The quantitative estimate of drug-likeness (QED) is 0.599. The van der Waals surface area contributed by atoms with Crippen LogP contribution in [0.2, 0.25) is 0 Å². The molecule has 0 fully saturated rings. The van der Waals surface area contributed by atoms with Gasteiger partial charge in [0.15, 0.2) is 0 Å². The van der Waals surface area contributed by atoms with E-state index in [4.69, 9.17) is 14.7 Å². The van der Waals surface area contributed by atoms with E-state index in [1.165, 1.54) is 0 Å².